The number of aryl methyl sites for hydroxylation is 1. The number of ketones is 1. The molecule has 1 aliphatic carbocycles. The molecular weight excluding hydrogens is 588 g/mol. The van der Waals surface area contributed by atoms with Gasteiger partial charge in [0.2, 0.25) is 0 Å². The summed E-state index contributed by atoms with van der Waals surface area (Å²) in [5, 5.41) is -0.0140. The quantitative estimate of drug-likeness (QED) is 0.0826. The highest BCUT2D eigenvalue weighted by Crippen LogP contribution is 2.43. The Balaban J connectivity index is 1.74. The lowest BCUT2D eigenvalue weighted by Crippen LogP contribution is -2.45. The summed E-state index contributed by atoms with van der Waals surface area (Å²) in [6.45, 7) is 13.9. The van der Waals surface area contributed by atoms with Gasteiger partial charge in [0, 0.05) is 22.8 Å². The summed E-state index contributed by atoms with van der Waals surface area (Å²) >= 11 is 8.48. The SMILES string of the molecule is CCCCC(O[Si](C)(C)C(C)(C)C)C(=O)C=C[C@H]1[C@@H](CCCc2ccc(C(=O)OC)s2)[C@@H](Cl)C[C@H]1OC1CCCCO1. The normalized spacial score (nSPS) is 26.0. The average molecular weight is 641 g/mol. The second kappa shape index (κ2) is 16.3. The molecular formula is C33H53ClO6SSi. The lowest BCUT2D eigenvalue weighted by Gasteiger charge is -2.38. The minimum atomic E-state index is -2.11. The molecule has 2 unspecified atom stereocenters. The van der Waals surface area contributed by atoms with Crippen LogP contribution in [0, 0.1) is 11.8 Å². The molecule has 0 amide bonds. The van der Waals surface area contributed by atoms with E-state index >= 15 is 0 Å². The Morgan fingerprint density at radius 3 is 2.62 bits per heavy atom. The summed E-state index contributed by atoms with van der Waals surface area (Å²) in [4.78, 5) is 27.3. The fourth-order valence-electron chi connectivity index (χ4n) is 5.60. The zero-order valence-corrected chi connectivity index (χ0v) is 29.4. The number of hydrogen-bond acceptors (Lipinski definition) is 7. The first-order valence-electron chi connectivity index (χ1n) is 15.8. The minimum Gasteiger partial charge on any atom is -0.465 e. The predicted octanol–water partition coefficient (Wildman–Crippen LogP) is 8.72. The number of thiophene rings is 1. The lowest BCUT2D eigenvalue weighted by molar-refractivity contribution is -0.192. The van der Waals surface area contributed by atoms with Crippen LogP contribution < -0.4 is 0 Å². The minimum absolute atomic E-state index is 0.0237. The van der Waals surface area contributed by atoms with Crippen LogP contribution in [0.15, 0.2) is 24.3 Å². The number of unbranched alkanes of at least 4 members (excludes halogenated alkanes) is 1. The van der Waals surface area contributed by atoms with Crippen molar-refractivity contribution in [2.75, 3.05) is 13.7 Å². The van der Waals surface area contributed by atoms with Crippen LogP contribution >= 0.6 is 22.9 Å². The molecule has 1 saturated carbocycles. The zero-order chi connectivity index (χ0) is 30.9. The first-order chi connectivity index (χ1) is 19.9. The first-order valence-corrected chi connectivity index (χ1v) is 20.0. The van der Waals surface area contributed by atoms with Crippen molar-refractivity contribution in [3.05, 3.63) is 34.0 Å². The third kappa shape index (κ3) is 9.99. The van der Waals surface area contributed by atoms with Crippen LogP contribution in [-0.2, 0) is 29.9 Å². The molecule has 9 heteroatoms. The summed E-state index contributed by atoms with van der Waals surface area (Å²) < 4.78 is 23.9. The largest absolute Gasteiger partial charge is 0.465 e. The first kappa shape index (κ1) is 35.4. The summed E-state index contributed by atoms with van der Waals surface area (Å²) in [5.41, 5.74) is 0. The predicted molar refractivity (Wildman–Crippen MR) is 174 cm³/mol. The third-order valence-corrected chi connectivity index (χ3v) is 15.3. The van der Waals surface area contributed by atoms with Crippen molar-refractivity contribution in [3.8, 4) is 0 Å². The van der Waals surface area contributed by atoms with Gasteiger partial charge in [-0.3, -0.25) is 4.79 Å². The van der Waals surface area contributed by atoms with E-state index in [0.29, 0.717) is 4.88 Å². The highest BCUT2D eigenvalue weighted by molar-refractivity contribution is 7.13. The fraction of sp³-hybridized carbons (Fsp3) is 0.758. The molecule has 3 rings (SSSR count). The van der Waals surface area contributed by atoms with Crippen molar-refractivity contribution < 1.29 is 28.2 Å². The van der Waals surface area contributed by atoms with Gasteiger partial charge < -0.3 is 18.6 Å². The van der Waals surface area contributed by atoms with Gasteiger partial charge in [-0.25, -0.2) is 4.79 Å². The summed E-state index contributed by atoms with van der Waals surface area (Å²) in [7, 11) is -0.706. The number of alkyl halides is 1. The van der Waals surface area contributed by atoms with Crippen LogP contribution in [0.25, 0.3) is 0 Å². The van der Waals surface area contributed by atoms with E-state index < -0.39 is 14.4 Å². The fourth-order valence-corrected chi connectivity index (χ4v) is 8.34. The van der Waals surface area contributed by atoms with E-state index in [1.807, 2.05) is 12.1 Å². The zero-order valence-electron chi connectivity index (χ0n) is 26.8. The Morgan fingerprint density at radius 1 is 1.21 bits per heavy atom. The maximum Gasteiger partial charge on any atom is 0.348 e. The molecule has 6 nitrogen and oxygen atoms in total. The van der Waals surface area contributed by atoms with Crippen molar-refractivity contribution in [1.82, 2.24) is 0 Å². The number of esters is 1. The van der Waals surface area contributed by atoms with E-state index in [4.69, 9.17) is 30.2 Å². The van der Waals surface area contributed by atoms with Gasteiger partial charge >= 0.3 is 5.97 Å². The van der Waals surface area contributed by atoms with Crippen LogP contribution in [0.3, 0.4) is 0 Å². The summed E-state index contributed by atoms with van der Waals surface area (Å²) in [5.74, 6) is -0.0422. The standard InChI is InChI=1S/C33H53ClO6SSi/c1-8-9-15-28(40-42(6,7)33(2,3)4)27(35)19-18-25-24(14-12-13-23-17-20-30(41-23)32(36)37-5)26(34)22-29(25)39-31-16-10-11-21-38-31/h17-20,24-26,28-29,31H,8-16,21-22H2,1-7H3/t24-,25+,26+,28?,29-,31?/m1/s1. The van der Waals surface area contributed by atoms with E-state index in [2.05, 4.69) is 46.9 Å². The molecule has 238 valence electrons. The molecule has 1 aromatic rings. The number of methoxy groups -OCH3 is 1. The number of hydrogen-bond donors (Lipinski definition) is 0. The second-order valence-corrected chi connectivity index (χ2v) is 19.9. The van der Waals surface area contributed by atoms with Crippen molar-refractivity contribution >= 4 is 43.0 Å². The number of carbonyl (C=O) groups is 2. The molecule has 6 atom stereocenters. The smallest absolute Gasteiger partial charge is 0.348 e. The van der Waals surface area contributed by atoms with Gasteiger partial charge in [0.15, 0.2) is 20.4 Å². The highest BCUT2D eigenvalue weighted by atomic mass is 35.5. The average Bonchev–Trinajstić information content (AvgIpc) is 3.53. The molecule has 0 bridgehead atoms. The number of carbonyl (C=O) groups excluding carboxylic acids is 2. The Bertz CT molecular complexity index is 1030. The van der Waals surface area contributed by atoms with Gasteiger partial charge in [-0.2, -0.15) is 0 Å². The maximum absolute atomic E-state index is 13.7. The van der Waals surface area contributed by atoms with Crippen LogP contribution in [-0.4, -0.2) is 57.7 Å². The monoisotopic (exact) mass is 640 g/mol. The van der Waals surface area contributed by atoms with Gasteiger partial charge in [-0.05, 0) is 93.6 Å². The van der Waals surface area contributed by atoms with Crippen LogP contribution in [0.2, 0.25) is 18.1 Å². The molecule has 42 heavy (non-hydrogen) atoms. The van der Waals surface area contributed by atoms with Crippen molar-refractivity contribution in [2.45, 2.75) is 134 Å². The molecule has 0 spiro atoms. The van der Waals surface area contributed by atoms with E-state index in [0.717, 1.165) is 75.7 Å². The molecule has 1 saturated heterocycles. The van der Waals surface area contributed by atoms with Gasteiger partial charge in [0.1, 0.15) is 11.0 Å². The molecule has 1 aromatic heterocycles. The summed E-state index contributed by atoms with van der Waals surface area (Å²) in [6, 6.07) is 3.84. The van der Waals surface area contributed by atoms with Gasteiger partial charge in [-0.15, -0.1) is 22.9 Å². The van der Waals surface area contributed by atoms with Crippen molar-refractivity contribution in [1.29, 1.82) is 0 Å². The van der Waals surface area contributed by atoms with Crippen molar-refractivity contribution in [2.24, 2.45) is 11.8 Å². The Kier molecular flexibility index (Phi) is 13.8. The van der Waals surface area contributed by atoms with E-state index in [-0.39, 0.29) is 46.4 Å². The lowest BCUT2D eigenvalue weighted by atomic mass is 9.88. The topological polar surface area (TPSA) is 71.1 Å². The molecule has 2 fully saturated rings. The number of halogens is 1. The second-order valence-electron chi connectivity index (χ2n) is 13.4. The Hall–Kier alpha value is -1.03. The van der Waals surface area contributed by atoms with E-state index in [1.54, 1.807) is 6.08 Å². The highest BCUT2D eigenvalue weighted by Gasteiger charge is 2.43. The van der Waals surface area contributed by atoms with Crippen molar-refractivity contribution in [3.63, 3.8) is 0 Å². The molecule has 2 aliphatic rings. The number of ether oxygens (including phenoxy) is 3. The Morgan fingerprint density at radius 2 is 1.98 bits per heavy atom. The van der Waals surface area contributed by atoms with E-state index in [1.165, 1.54) is 18.4 Å². The van der Waals surface area contributed by atoms with Crippen LogP contribution in [0.5, 0.6) is 0 Å². The van der Waals surface area contributed by atoms with E-state index in [9.17, 15) is 9.59 Å². The van der Waals surface area contributed by atoms with Gasteiger partial charge in [0.05, 0.1) is 13.2 Å². The van der Waals surface area contributed by atoms with Crippen LogP contribution in [0.4, 0.5) is 0 Å². The molecule has 2 heterocycles. The number of rotatable bonds is 15. The molecule has 0 aromatic carbocycles. The van der Waals surface area contributed by atoms with Crippen LogP contribution in [0.1, 0.15) is 100 Å². The maximum atomic E-state index is 13.7. The Labute approximate surface area is 264 Å². The summed E-state index contributed by atoms with van der Waals surface area (Å²) in [6.07, 6.45) is 12.3. The van der Waals surface area contributed by atoms with Gasteiger partial charge in [-0.1, -0.05) is 46.6 Å². The third-order valence-electron chi connectivity index (χ3n) is 9.18. The molecule has 0 N–H and O–H groups in total. The molecule has 0 radical (unpaired) electrons. The van der Waals surface area contributed by atoms with Gasteiger partial charge in [0.25, 0.3) is 0 Å². The molecule has 1 aliphatic heterocycles.